The van der Waals surface area contributed by atoms with Gasteiger partial charge in [-0.15, -0.1) is 0 Å². The minimum absolute atomic E-state index is 0.0853. The number of hydrogen-bond acceptors (Lipinski definition) is 10. The van der Waals surface area contributed by atoms with Crippen molar-refractivity contribution in [1.29, 1.82) is 5.26 Å². The molecule has 3 aromatic heterocycles. The minimum Gasteiger partial charge on any atom is -0.491 e. The van der Waals surface area contributed by atoms with Gasteiger partial charge in [-0.2, -0.15) is 5.26 Å². The second-order valence-corrected chi connectivity index (χ2v) is 12.0. The van der Waals surface area contributed by atoms with Gasteiger partial charge >= 0.3 is 0 Å². The van der Waals surface area contributed by atoms with Crippen LogP contribution in [0.15, 0.2) is 55.1 Å². The Bertz CT molecular complexity index is 1500. The lowest BCUT2D eigenvalue weighted by Crippen LogP contribution is -2.69. The third-order valence-corrected chi connectivity index (χ3v) is 9.16. The van der Waals surface area contributed by atoms with E-state index >= 15 is 0 Å². The van der Waals surface area contributed by atoms with Crippen molar-refractivity contribution in [2.75, 3.05) is 31.7 Å². The summed E-state index contributed by atoms with van der Waals surface area (Å²) in [7, 11) is 1.63. The molecule has 3 aliphatic carbocycles. The number of nitrogens with zero attached hydrogens (tertiary/aromatic N) is 6. The number of piperidine rings is 1. The molecule has 3 saturated heterocycles. The summed E-state index contributed by atoms with van der Waals surface area (Å²) in [6.45, 7) is 3.29. The number of aliphatic hydroxyl groups is 1. The average Bonchev–Trinajstić information content (AvgIpc) is 2.98. The number of piperazine rings is 1. The van der Waals surface area contributed by atoms with Crippen LogP contribution in [0, 0.1) is 16.7 Å². The van der Waals surface area contributed by atoms with Crippen LogP contribution in [-0.4, -0.2) is 69.4 Å². The molecule has 3 saturated carbocycles. The molecule has 9 rings (SSSR count). The Hall–Kier alpha value is -4.20. The zero-order chi connectivity index (χ0) is 28.2. The van der Waals surface area contributed by atoms with Crippen molar-refractivity contribution in [3.8, 4) is 28.8 Å². The SMILES string of the molecule is COc1ccc(CN2C3CC2CN(c2ccc(-c4cc(OCC56CC(O)(C5)C6)cnc4/C(C#N)=C\N)cn2)C3)cn1. The van der Waals surface area contributed by atoms with Crippen molar-refractivity contribution in [3.63, 3.8) is 0 Å². The zero-order valence-corrected chi connectivity index (χ0v) is 23.0. The number of allylic oxidation sites excluding steroid dienone is 1. The van der Waals surface area contributed by atoms with Gasteiger partial charge in [-0.05, 0) is 49.4 Å². The van der Waals surface area contributed by atoms with E-state index in [0.29, 0.717) is 41.6 Å². The first-order valence-electron chi connectivity index (χ1n) is 14.0. The molecule has 10 heteroatoms. The molecule has 2 unspecified atom stereocenters. The average molecular weight is 552 g/mol. The first-order chi connectivity index (χ1) is 19.9. The summed E-state index contributed by atoms with van der Waals surface area (Å²) in [5, 5.41) is 19.7. The Morgan fingerprint density at radius 2 is 1.93 bits per heavy atom. The Morgan fingerprint density at radius 3 is 2.54 bits per heavy atom. The molecule has 6 fully saturated rings. The Kier molecular flexibility index (Phi) is 6.10. The van der Waals surface area contributed by atoms with Gasteiger partial charge in [-0.25, -0.2) is 9.97 Å². The van der Waals surface area contributed by atoms with E-state index in [-0.39, 0.29) is 5.41 Å². The van der Waals surface area contributed by atoms with Gasteiger partial charge in [0.25, 0.3) is 0 Å². The number of nitriles is 1. The summed E-state index contributed by atoms with van der Waals surface area (Å²) in [4.78, 5) is 18.6. The predicted molar refractivity (Wildman–Crippen MR) is 153 cm³/mol. The summed E-state index contributed by atoms with van der Waals surface area (Å²) in [5.74, 6) is 2.20. The highest BCUT2D eigenvalue weighted by molar-refractivity contribution is 5.85. The molecule has 0 aromatic carbocycles. The summed E-state index contributed by atoms with van der Waals surface area (Å²) >= 11 is 0. The summed E-state index contributed by atoms with van der Waals surface area (Å²) < 4.78 is 11.3. The predicted octanol–water partition coefficient (Wildman–Crippen LogP) is 3.13. The number of anilines is 1. The van der Waals surface area contributed by atoms with Gasteiger partial charge in [0.05, 0.1) is 36.8 Å². The number of aromatic nitrogens is 3. The van der Waals surface area contributed by atoms with E-state index in [4.69, 9.17) is 20.2 Å². The van der Waals surface area contributed by atoms with Crippen molar-refractivity contribution < 1.29 is 14.6 Å². The third kappa shape index (κ3) is 4.55. The van der Waals surface area contributed by atoms with Gasteiger partial charge in [-0.3, -0.25) is 9.88 Å². The van der Waals surface area contributed by atoms with Crippen LogP contribution < -0.4 is 20.1 Å². The second-order valence-electron chi connectivity index (χ2n) is 12.0. The normalized spacial score (nSPS) is 28.1. The lowest BCUT2D eigenvalue weighted by Gasteiger charge is -2.67. The molecule has 4 bridgehead atoms. The highest BCUT2D eigenvalue weighted by atomic mass is 16.5. The molecule has 0 spiro atoms. The molecule has 210 valence electrons. The molecule has 10 nitrogen and oxygen atoms in total. The molecule has 3 aliphatic heterocycles. The van der Waals surface area contributed by atoms with Crippen molar-refractivity contribution in [3.05, 3.63) is 66.4 Å². The van der Waals surface area contributed by atoms with Crippen molar-refractivity contribution in [2.24, 2.45) is 11.1 Å². The minimum atomic E-state index is -0.459. The van der Waals surface area contributed by atoms with E-state index in [1.807, 2.05) is 36.7 Å². The molecule has 6 heterocycles. The topological polar surface area (TPSA) is 134 Å². The van der Waals surface area contributed by atoms with Crippen molar-refractivity contribution in [1.82, 2.24) is 19.9 Å². The van der Waals surface area contributed by atoms with Crippen LogP contribution in [0.5, 0.6) is 11.6 Å². The fraction of sp³-hybridized carbons (Fsp3) is 0.419. The second kappa shape index (κ2) is 9.72. The fourth-order valence-corrected chi connectivity index (χ4v) is 7.16. The van der Waals surface area contributed by atoms with Crippen molar-refractivity contribution >= 4 is 11.4 Å². The Labute approximate surface area is 239 Å². The van der Waals surface area contributed by atoms with E-state index < -0.39 is 5.60 Å². The molecule has 0 radical (unpaired) electrons. The van der Waals surface area contributed by atoms with Gasteiger partial charge in [0.1, 0.15) is 17.6 Å². The maximum absolute atomic E-state index is 10.1. The number of ether oxygens (including phenoxy) is 2. The van der Waals surface area contributed by atoms with E-state index in [0.717, 1.165) is 55.8 Å². The quantitative estimate of drug-likeness (QED) is 0.382. The molecule has 41 heavy (non-hydrogen) atoms. The number of methoxy groups -OCH3 is 1. The summed E-state index contributed by atoms with van der Waals surface area (Å²) in [6, 6.07) is 13.1. The van der Waals surface area contributed by atoms with Crippen LogP contribution in [0.25, 0.3) is 16.7 Å². The number of pyridine rings is 3. The summed E-state index contributed by atoms with van der Waals surface area (Å²) in [6.07, 6.45) is 10.2. The van der Waals surface area contributed by atoms with Gasteiger partial charge < -0.3 is 25.2 Å². The van der Waals surface area contributed by atoms with Gasteiger partial charge in [0, 0.05) is 72.9 Å². The Morgan fingerprint density at radius 1 is 1.12 bits per heavy atom. The van der Waals surface area contributed by atoms with E-state index in [2.05, 4.69) is 31.9 Å². The maximum atomic E-state index is 10.1. The Balaban J connectivity index is 1.05. The van der Waals surface area contributed by atoms with Crippen LogP contribution >= 0.6 is 0 Å². The standard InChI is InChI=1S/C31H33N7O3/c1-40-28-5-2-20(10-35-28)13-38-23-6-24(38)15-37(14-23)27-4-3-21(11-34-27)26-7-25(12-36-29(26)22(8-32)9-33)41-19-30-16-31(39,17-30)18-30/h2-5,7-8,10-12,23-24,39H,6,13-19,32H2,1H3/b22-8-. The van der Waals surface area contributed by atoms with Gasteiger partial charge in [-0.1, -0.05) is 6.07 Å². The fourth-order valence-electron chi connectivity index (χ4n) is 7.16. The third-order valence-electron chi connectivity index (χ3n) is 9.16. The lowest BCUT2D eigenvalue weighted by atomic mass is 9.41. The first-order valence-corrected chi connectivity index (χ1v) is 14.0. The smallest absolute Gasteiger partial charge is 0.212 e. The molecule has 3 N–H and O–H groups in total. The maximum Gasteiger partial charge on any atom is 0.212 e. The number of nitrogens with two attached hydrogens (primary N) is 1. The zero-order valence-electron chi connectivity index (χ0n) is 23.0. The number of hydrogen-bond donors (Lipinski definition) is 2. The highest BCUT2D eigenvalue weighted by Gasteiger charge is 2.67. The van der Waals surface area contributed by atoms with Crippen LogP contribution in [0.1, 0.15) is 36.9 Å². The highest BCUT2D eigenvalue weighted by Crippen LogP contribution is 2.67. The molecular weight excluding hydrogens is 518 g/mol. The molecule has 6 aliphatic rings. The first kappa shape index (κ1) is 25.7. The molecular formula is C31H33N7O3. The molecule has 0 amide bonds. The molecule has 2 atom stereocenters. The largest absolute Gasteiger partial charge is 0.491 e. The van der Waals surface area contributed by atoms with Crippen LogP contribution in [0.4, 0.5) is 5.82 Å². The van der Waals surface area contributed by atoms with E-state index in [1.165, 1.54) is 18.2 Å². The number of fused-ring (bicyclic) bond motifs is 2. The lowest BCUT2D eigenvalue weighted by molar-refractivity contribution is -0.269. The van der Waals surface area contributed by atoms with Crippen LogP contribution in [0.2, 0.25) is 0 Å². The summed E-state index contributed by atoms with van der Waals surface area (Å²) in [5.41, 5.74) is 8.95. The monoisotopic (exact) mass is 551 g/mol. The van der Waals surface area contributed by atoms with E-state index in [1.54, 1.807) is 13.3 Å². The van der Waals surface area contributed by atoms with E-state index in [9.17, 15) is 10.4 Å². The number of rotatable bonds is 9. The van der Waals surface area contributed by atoms with Gasteiger partial charge in [0.15, 0.2) is 0 Å². The molecule has 3 aromatic rings. The van der Waals surface area contributed by atoms with Gasteiger partial charge in [0.2, 0.25) is 5.88 Å². The van der Waals surface area contributed by atoms with Crippen molar-refractivity contribution in [2.45, 2.75) is 49.9 Å². The van der Waals surface area contributed by atoms with Crippen LogP contribution in [-0.2, 0) is 6.54 Å². The van der Waals surface area contributed by atoms with Crippen LogP contribution in [0.3, 0.4) is 0 Å².